The van der Waals surface area contributed by atoms with Crippen LogP contribution in [0.15, 0.2) is 24.3 Å². The van der Waals surface area contributed by atoms with Gasteiger partial charge in [-0.2, -0.15) is 0 Å². The number of carbonyl (C=O) groups is 1. The van der Waals surface area contributed by atoms with Gasteiger partial charge in [0.15, 0.2) is 0 Å². The summed E-state index contributed by atoms with van der Waals surface area (Å²) in [4.78, 5) is 14.3. The molecule has 1 heterocycles. The van der Waals surface area contributed by atoms with Gasteiger partial charge in [-0.25, -0.2) is 0 Å². The second-order valence-electron chi connectivity index (χ2n) is 5.18. The van der Waals surface area contributed by atoms with Crippen LogP contribution in [0.4, 0.5) is 0 Å². The fourth-order valence-corrected chi connectivity index (χ4v) is 2.54. The second-order valence-corrected chi connectivity index (χ2v) is 5.18. The molecule has 4 heteroatoms. The number of likely N-dealkylation sites (tertiary alicyclic amines) is 1. The third-order valence-electron chi connectivity index (χ3n) is 3.70. The molecule has 0 bridgehead atoms. The Hall–Kier alpha value is -1.83. The van der Waals surface area contributed by atoms with Crippen LogP contribution in [0, 0.1) is 11.8 Å². The molecule has 0 radical (unpaired) electrons. The Balaban J connectivity index is 2.07. The van der Waals surface area contributed by atoms with Crippen molar-refractivity contribution in [3.05, 3.63) is 35.4 Å². The Kier molecular flexibility index (Phi) is 5.79. The highest BCUT2D eigenvalue weighted by molar-refractivity contribution is 5.94. The van der Waals surface area contributed by atoms with Crippen molar-refractivity contribution >= 4 is 5.91 Å². The standard InChI is InChI=1S/C17H21NO3/c19-12-4-2-5-14-7-9-15(10-8-14)17(21)18-11-3-1-6-16(18)13-20/h7-10,16,19-20H,1,3-4,6,11-13H2. The monoisotopic (exact) mass is 287 g/mol. The van der Waals surface area contributed by atoms with Crippen LogP contribution in [0.2, 0.25) is 0 Å². The summed E-state index contributed by atoms with van der Waals surface area (Å²) in [7, 11) is 0. The van der Waals surface area contributed by atoms with Gasteiger partial charge in [0, 0.05) is 24.1 Å². The first-order valence-electron chi connectivity index (χ1n) is 7.38. The van der Waals surface area contributed by atoms with Gasteiger partial charge in [0.05, 0.1) is 19.3 Å². The average Bonchev–Trinajstić information content (AvgIpc) is 2.55. The Morgan fingerprint density at radius 2 is 2.00 bits per heavy atom. The predicted octanol–water partition coefficient (Wildman–Crippen LogP) is 1.41. The molecule has 0 aromatic heterocycles. The van der Waals surface area contributed by atoms with Gasteiger partial charge in [0.25, 0.3) is 5.91 Å². The lowest BCUT2D eigenvalue weighted by molar-refractivity contribution is 0.0503. The van der Waals surface area contributed by atoms with Gasteiger partial charge in [0.1, 0.15) is 0 Å². The maximum Gasteiger partial charge on any atom is 0.254 e. The average molecular weight is 287 g/mol. The molecule has 1 unspecified atom stereocenters. The van der Waals surface area contributed by atoms with Gasteiger partial charge >= 0.3 is 0 Å². The van der Waals surface area contributed by atoms with Crippen molar-refractivity contribution in [1.29, 1.82) is 0 Å². The molecule has 0 spiro atoms. The van der Waals surface area contributed by atoms with Crippen molar-refractivity contribution in [2.75, 3.05) is 19.8 Å². The minimum absolute atomic E-state index is 0.0243. The Labute approximate surface area is 125 Å². The number of hydrogen-bond acceptors (Lipinski definition) is 3. The highest BCUT2D eigenvalue weighted by atomic mass is 16.3. The Morgan fingerprint density at radius 3 is 2.67 bits per heavy atom. The van der Waals surface area contributed by atoms with Crippen LogP contribution in [-0.4, -0.2) is 46.8 Å². The van der Waals surface area contributed by atoms with Crippen LogP contribution in [-0.2, 0) is 0 Å². The van der Waals surface area contributed by atoms with Gasteiger partial charge in [-0.05, 0) is 43.5 Å². The van der Waals surface area contributed by atoms with Gasteiger partial charge in [-0.15, -0.1) is 0 Å². The molecule has 0 aliphatic carbocycles. The number of aliphatic hydroxyl groups excluding tert-OH is 2. The van der Waals surface area contributed by atoms with E-state index in [1.807, 2.05) is 12.1 Å². The fourth-order valence-electron chi connectivity index (χ4n) is 2.54. The topological polar surface area (TPSA) is 60.8 Å². The van der Waals surface area contributed by atoms with E-state index in [4.69, 9.17) is 5.11 Å². The number of aliphatic hydroxyl groups is 2. The van der Waals surface area contributed by atoms with E-state index in [2.05, 4.69) is 11.8 Å². The summed E-state index contributed by atoms with van der Waals surface area (Å²) in [6.45, 7) is 0.791. The molecule has 1 aliphatic rings. The summed E-state index contributed by atoms with van der Waals surface area (Å²) in [5, 5.41) is 18.1. The Morgan fingerprint density at radius 1 is 1.24 bits per heavy atom. The lowest BCUT2D eigenvalue weighted by Gasteiger charge is -2.34. The van der Waals surface area contributed by atoms with Gasteiger partial charge in [-0.3, -0.25) is 4.79 Å². The summed E-state index contributed by atoms with van der Waals surface area (Å²) >= 11 is 0. The maximum atomic E-state index is 12.5. The molecule has 112 valence electrons. The lowest BCUT2D eigenvalue weighted by Crippen LogP contribution is -2.45. The quantitative estimate of drug-likeness (QED) is 0.826. The molecule has 2 N–H and O–H groups in total. The molecule has 4 nitrogen and oxygen atoms in total. The SMILES string of the molecule is O=C(c1ccc(C#CCCO)cc1)N1CCCCC1CO. The molecule has 1 amide bonds. The van der Waals surface area contributed by atoms with Crippen LogP contribution < -0.4 is 0 Å². The van der Waals surface area contributed by atoms with E-state index in [0.717, 1.165) is 24.8 Å². The van der Waals surface area contributed by atoms with E-state index >= 15 is 0 Å². The predicted molar refractivity (Wildman–Crippen MR) is 80.8 cm³/mol. The summed E-state index contributed by atoms with van der Waals surface area (Å²) in [5.41, 5.74) is 1.46. The van der Waals surface area contributed by atoms with E-state index in [9.17, 15) is 9.90 Å². The van der Waals surface area contributed by atoms with Crippen molar-refractivity contribution in [2.45, 2.75) is 31.7 Å². The number of hydrogen-bond donors (Lipinski definition) is 2. The van der Waals surface area contributed by atoms with Crippen molar-refractivity contribution in [2.24, 2.45) is 0 Å². The van der Waals surface area contributed by atoms with Crippen LogP contribution in [0.5, 0.6) is 0 Å². The van der Waals surface area contributed by atoms with Crippen molar-refractivity contribution in [1.82, 2.24) is 4.90 Å². The van der Waals surface area contributed by atoms with E-state index < -0.39 is 0 Å². The largest absolute Gasteiger partial charge is 0.395 e. The normalized spacial score (nSPS) is 18.0. The van der Waals surface area contributed by atoms with E-state index in [0.29, 0.717) is 18.5 Å². The summed E-state index contributed by atoms with van der Waals surface area (Å²) in [5.74, 6) is 5.76. The van der Waals surface area contributed by atoms with Crippen LogP contribution >= 0.6 is 0 Å². The summed E-state index contributed by atoms with van der Waals surface area (Å²) in [6.07, 6.45) is 3.38. The minimum Gasteiger partial charge on any atom is -0.395 e. The zero-order valence-electron chi connectivity index (χ0n) is 12.1. The zero-order chi connectivity index (χ0) is 15.1. The molecule has 1 aliphatic heterocycles. The first-order valence-corrected chi connectivity index (χ1v) is 7.38. The van der Waals surface area contributed by atoms with Crippen molar-refractivity contribution in [3.63, 3.8) is 0 Å². The minimum atomic E-state index is -0.0599. The van der Waals surface area contributed by atoms with E-state index in [-0.39, 0.29) is 25.2 Å². The molecule has 21 heavy (non-hydrogen) atoms. The zero-order valence-corrected chi connectivity index (χ0v) is 12.1. The lowest BCUT2D eigenvalue weighted by atomic mass is 10.0. The van der Waals surface area contributed by atoms with Crippen molar-refractivity contribution < 1.29 is 15.0 Å². The van der Waals surface area contributed by atoms with Gasteiger partial charge < -0.3 is 15.1 Å². The number of carbonyl (C=O) groups excluding carboxylic acids is 1. The number of benzene rings is 1. The number of piperidine rings is 1. The van der Waals surface area contributed by atoms with Gasteiger partial charge in [0.2, 0.25) is 0 Å². The third kappa shape index (κ3) is 4.07. The number of rotatable bonds is 3. The maximum absolute atomic E-state index is 12.5. The van der Waals surface area contributed by atoms with Crippen LogP contribution in [0.1, 0.15) is 41.6 Å². The van der Waals surface area contributed by atoms with Gasteiger partial charge in [-0.1, -0.05) is 11.8 Å². The molecule has 1 aromatic carbocycles. The Bertz CT molecular complexity index is 527. The fraction of sp³-hybridized carbons (Fsp3) is 0.471. The first-order chi connectivity index (χ1) is 10.3. The molecular formula is C17H21NO3. The highest BCUT2D eigenvalue weighted by Crippen LogP contribution is 2.19. The number of nitrogens with zero attached hydrogens (tertiary/aromatic N) is 1. The molecule has 0 saturated carbocycles. The molecule has 1 saturated heterocycles. The third-order valence-corrected chi connectivity index (χ3v) is 3.70. The van der Waals surface area contributed by atoms with Crippen molar-refractivity contribution in [3.8, 4) is 11.8 Å². The molecule has 2 rings (SSSR count). The van der Waals surface area contributed by atoms with E-state index in [1.54, 1.807) is 17.0 Å². The first kappa shape index (κ1) is 15.6. The highest BCUT2D eigenvalue weighted by Gasteiger charge is 2.26. The molecule has 1 atom stereocenters. The molecule has 1 aromatic rings. The summed E-state index contributed by atoms with van der Waals surface area (Å²) in [6, 6.07) is 7.11. The van der Waals surface area contributed by atoms with Crippen LogP contribution in [0.3, 0.4) is 0 Å². The molecule has 1 fully saturated rings. The van der Waals surface area contributed by atoms with E-state index in [1.165, 1.54) is 0 Å². The second kappa shape index (κ2) is 7.82. The summed E-state index contributed by atoms with van der Waals surface area (Å²) < 4.78 is 0. The molecular weight excluding hydrogens is 266 g/mol. The van der Waals surface area contributed by atoms with Crippen LogP contribution in [0.25, 0.3) is 0 Å². The smallest absolute Gasteiger partial charge is 0.254 e. The number of amides is 1.